The first-order chi connectivity index (χ1) is 14.2. The topological polar surface area (TPSA) is 106 Å². The van der Waals surface area contributed by atoms with Crippen molar-refractivity contribution < 1.29 is 19.4 Å². The van der Waals surface area contributed by atoms with Crippen molar-refractivity contribution in [2.45, 2.75) is 20.4 Å². The van der Waals surface area contributed by atoms with Gasteiger partial charge in [0.1, 0.15) is 5.75 Å². The van der Waals surface area contributed by atoms with Crippen LogP contribution in [0.4, 0.5) is 5.69 Å². The van der Waals surface area contributed by atoms with E-state index >= 15 is 0 Å². The van der Waals surface area contributed by atoms with E-state index < -0.39 is 11.9 Å². The molecule has 2 N–H and O–H groups in total. The van der Waals surface area contributed by atoms with E-state index in [1.807, 2.05) is 6.07 Å². The lowest BCUT2D eigenvalue weighted by molar-refractivity contribution is 0.0695. The molecule has 1 amide bonds. The lowest BCUT2D eigenvalue weighted by Gasteiger charge is -2.14. The number of hydrogen-bond donors (Lipinski definition) is 2. The third kappa shape index (κ3) is 4.24. The molecule has 0 aliphatic heterocycles. The quantitative estimate of drug-likeness (QED) is 0.584. The zero-order valence-corrected chi connectivity index (χ0v) is 17.9. The fourth-order valence-corrected chi connectivity index (χ4v) is 3.32. The minimum absolute atomic E-state index is 0.0913. The summed E-state index contributed by atoms with van der Waals surface area (Å²) in [7, 11) is 1.41. The molecule has 3 rings (SSSR count). The third-order valence-electron chi connectivity index (χ3n) is 4.60. The van der Waals surface area contributed by atoms with Crippen LogP contribution in [0, 0.1) is 13.8 Å². The zero-order chi connectivity index (χ0) is 22.0. The fraction of sp³-hybridized carbons (Fsp3) is 0.200. The number of methoxy groups -OCH3 is 1. The highest BCUT2D eigenvalue weighted by Gasteiger charge is 2.21. The number of carboxylic acid groups (broad SMARTS) is 1. The highest BCUT2D eigenvalue weighted by Crippen LogP contribution is 2.31. The Kier molecular flexibility index (Phi) is 6.28. The molecule has 30 heavy (non-hydrogen) atoms. The van der Waals surface area contributed by atoms with Crippen molar-refractivity contribution in [3.05, 3.63) is 68.5 Å². The minimum atomic E-state index is -1.08. The Labute approximate surface area is 182 Å². The van der Waals surface area contributed by atoms with Gasteiger partial charge in [-0.1, -0.05) is 34.5 Å². The number of anilines is 1. The van der Waals surface area contributed by atoms with E-state index in [0.717, 1.165) is 5.56 Å². The lowest BCUT2D eigenvalue weighted by Crippen LogP contribution is -2.16. The largest absolute Gasteiger partial charge is 0.494 e. The molecule has 0 bridgehead atoms. The summed E-state index contributed by atoms with van der Waals surface area (Å²) >= 11 is 12.0. The van der Waals surface area contributed by atoms with Crippen molar-refractivity contribution in [1.82, 2.24) is 15.0 Å². The minimum Gasteiger partial charge on any atom is -0.494 e. The number of hydrogen-bond acceptors (Lipinski definition) is 5. The first-order valence-electron chi connectivity index (χ1n) is 8.79. The monoisotopic (exact) mass is 448 g/mol. The SMILES string of the molecule is COc1c(NC(=O)c2nnn(Cc3ccc(Cl)c(Cl)c3)c2C)ccc(C(=O)O)c1C. The van der Waals surface area contributed by atoms with Gasteiger partial charge >= 0.3 is 5.97 Å². The molecule has 1 heterocycles. The van der Waals surface area contributed by atoms with Gasteiger partial charge in [-0.3, -0.25) is 4.79 Å². The number of benzene rings is 2. The highest BCUT2D eigenvalue weighted by atomic mass is 35.5. The maximum atomic E-state index is 12.8. The molecular formula is C20H18Cl2N4O4. The van der Waals surface area contributed by atoms with E-state index in [1.165, 1.54) is 19.2 Å². The van der Waals surface area contributed by atoms with Crippen LogP contribution in [0.25, 0.3) is 0 Å². The molecular weight excluding hydrogens is 431 g/mol. The number of rotatable bonds is 6. The van der Waals surface area contributed by atoms with Gasteiger partial charge in [0.25, 0.3) is 5.91 Å². The fourth-order valence-electron chi connectivity index (χ4n) is 3.00. The van der Waals surface area contributed by atoms with E-state index in [2.05, 4.69) is 15.6 Å². The number of nitrogens with one attached hydrogen (secondary N) is 1. The van der Waals surface area contributed by atoms with Crippen LogP contribution in [0.15, 0.2) is 30.3 Å². The van der Waals surface area contributed by atoms with E-state index in [1.54, 1.807) is 30.7 Å². The average Bonchev–Trinajstić information content (AvgIpc) is 3.05. The Morgan fingerprint density at radius 2 is 1.90 bits per heavy atom. The molecule has 10 heteroatoms. The first kappa shape index (κ1) is 21.6. The standard InChI is InChI=1S/C20H18Cl2N4O4/c1-10-13(20(28)29)5-7-16(18(10)30-3)23-19(27)17-11(2)26(25-24-17)9-12-4-6-14(21)15(22)8-12/h4-8H,9H2,1-3H3,(H,23,27)(H,28,29). The van der Waals surface area contributed by atoms with Crippen molar-refractivity contribution in [1.29, 1.82) is 0 Å². The number of aromatic nitrogens is 3. The van der Waals surface area contributed by atoms with Gasteiger partial charge < -0.3 is 15.2 Å². The number of carbonyl (C=O) groups excluding carboxylic acids is 1. The van der Waals surface area contributed by atoms with Gasteiger partial charge in [-0.2, -0.15) is 0 Å². The Morgan fingerprint density at radius 1 is 1.17 bits per heavy atom. The van der Waals surface area contributed by atoms with E-state index in [9.17, 15) is 14.7 Å². The second kappa shape index (κ2) is 8.73. The summed E-state index contributed by atoms with van der Waals surface area (Å²) in [5.41, 5.74) is 2.37. The van der Waals surface area contributed by atoms with Gasteiger partial charge in [0, 0.05) is 5.56 Å². The summed E-state index contributed by atoms with van der Waals surface area (Å²) in [6, 6.07) is 8.11. The number of carboxylic acids is 1. The molecule has 0 fully saturated rings. The van der Waals surface area contributed by atoms with Crippen LogP contribution in [-0.2, 0) is 6.54 Å². The van der Waals surface area contributed by atoms with Crippen molar-refractivity contribution in [2.24, 2.45) is 0 Å². The molecule has 0 saturated carbocycles. The number of halogens is 2. The van der Waals surface area contributed by atoms with Gasteiger partial charge in [0.05, 0.1) is 40.6 Å². The summed E-state index contributed by atoms with van der Waals surface area (Å²) in [4.78, 5) is 24.1. The van der Waals surface area contributed by atoms with Gasteiger partial charge in [-0.25, -0.2) is 9.48 Å². The van der Waals surface area contributed by atoms with Crippen LogP contribution in [0.2, 0.25) is 10.0 Å². The van der Waals surface area contributed by atoms with Gasteiger partial charge in [-0.05, 0) is 43.7 Å². The van der Waals surface area contributed by atoms with Crippen LogP contribution < -0.4 is 10.1 Å². The molecule has 8 nitrogen and oxygen atoms in total. The van der Waals surface area contributed by atoms with Gasteiger partial charge in [0.2, 0.25) is 0 Å². The summed E-state index contributed by atoms with van der Waals surface area (Å²) in [5.74, 6) is -1.30. The third-order valence-corrected chi connectivity index (χ3v) is 5.34. The first-order valence-corrected chi connectivity index (χ1v) is 9.54. The van der Waals surface area contributed by atoms with E-state index in [-0.39, 0.29) is 17.0 Å². The van der Waals surface area contributed by atoms with Crippen molar-refractivity contribution >= 4 is 40.8 Å². The molecule has 0 atom stereocenters. The maximum Gasteiger partial charge on any atom is 0.336 e. The zero-order valence-electron chi connectivity index (χ0n) is 16.4. The molecule has 0 saturated heterocycles. The summed E-state index contributed by atoms with van der Waals surface area (Å²) < 4.78 is 6.87. The Bertz CT molecular complexity index is 1140. The van der Waals surface area contributed by atoms with Crippen LogP contribution in [0.1, 0.15) is 37.7 Å². The van der Waals surface area contributed by atoms with E-state index in [0.29, 0.717) is 33.5 Å². The number of carbonyl (C=O) groups is 2. The summed E-state index contributed by atoms with van der Waals surface area (Å²) in [6.07, 6.45) is 0. The number of ether oxygens (including phenoxy) is 1. The second-order valence-electron chi connectivity index (χ2n) is 6.51. The summed E-state index contributed by atoms with van der Waals surface area (Å²) in [5, 5.41) is 20.9. The van der Waals surface area contributed by atoms with Crippen LogP contribution in [-0.4, -0.2) is 39.1 Å². The van der Waals surface area contributed by atoms with Crippen molar-refractivity contribution in [2.75, 3.05) is 12.4 Å². The predicted molar refractivity (Wildman–Crippen MR) is 113 cm³/mol. The van der Waals surface area contributed by atoms with Crippen molar-refractivity contribution in [3.63, 3.8) is 0 Å². The highest BCUT2D eigenvalue weighted by molar-refractivity contribution is 6.42. The number of amides is 1. The summed E-state index contributed by atoms with van der Waals surface area (Å²) in [6.45, 7) is 3.69. The number of aromatic carboxylic acids is 1. The molecule has 3 aromatic rings. The van der Waals surface area contributed by atoms with E-state index in [4.69, 9.17) is 27.9 Å². The second-order valence-corrected chi connectivity index (χ2v) is 7.32. The molecule has 0 aliphatic rings. The number of nitrogens with zero attached hydrogens (tertiary/aromatic N) is 3. The molecule has 0 unspecified atom stereocenters. The smallest absolute Gasteiger partial charge is 0.336 e. The molecule has 0 radical (unpaired) electrons. The molecule has 0 spiro atoms. The van der Waals surface area contributed by atoms with Gasteiger partial charge in [-0.15, -0.1) is 5.10 Å². The Hall–Kier alpha value is -3.10. The normalized spacial score (nSPS) is 10.7. The average molecular weight is 449 g/mol. The maximum absolute atomic E-state index is 12.8. The predicted octanol–water partition coefficient (Wildman–Crippen LogP) is 4.21. The lowest BCUT2D eigenvalue weighted by atomic mass is 10.1. The van der Waals surface area contributed by atoms with Crippen LogP contribution >= 0.6 is 23.2 Å². The van der Waals surface area contributed by atoms with Gasteiger partial charge in [0.15, 0.2) is 5.69 Å². The Balaban J connectivity index is 1.84. The van der Waals surface area contributed by atoms with Crippen LogP contribution in [0.5, 0.6) is 5.75 Å². The molecule has 1 aromatic heterocycles. The Morgan fingerprint density at radius 3 is 2.53 bits per heavy atom. The van der Waals surface area contributed by atoms with Crippen LogP contribution in [0.3, 0.4) is 0 Å². The molecule has 2 aromatic carbocycles. The van der Waals surface area contributed by atoms with Crippen molar-refractivity contribution in [3.8, 4) is 5.75 Å². The molecule has 156 valence electrons. The molecule has 0 aliphatic carbocycles.